The summed E-state index contributed by atoms with van der Waals surface area (Å²) in [6, 6.07) is 8.61. The molecule has 0 spiro atoms. The topological polar surface area (TPSA) is 57.9 Å². The highest BCUT2D eigenvalue weighted by molar-refractivity contribution is 7.96. The molecule has 0 atom stereocenters. The van der Waals surface area contributed by atoms with Gasteiger partial charge in [-0.25, -0.2) is 8.42 Å². The molecule has 2 rings (SSSR count). The Bertz CT molecular complexity index is 661. The first-order chi connectivity index (χ1) is 7.50. The maximum Gasteiger partial charge on any atom is 0.207 e. The molecular formula is C12H9NO2S. The highest BCUT2D eigenvalue weighted by Crippen LogP contribution is 2.43. The van der Waals surface area contributed by atoms with Gasteiger partial charge in [-0.05, 0) is 13.0 Å². The Labute approximate surface area is 94.3 Å². The van der Waals surface area contributed by atoms with E-state index in [1.807, 2.05) is 6.07 Å². The van der Waals surface area contributed by atoms with Crippen LogP contribution in [-0.4, -0.2) is 8.42 Å². The van der Waals surface area contributed by atoms with E-state index in [1.54, 1.807) is 25.1 Å². The summed E-state index contributed by atoms with van der Waals surface area (Å²) in [7, 11) is -3.49. The van der Waals surface area contributed by atoms with Crippen LogP contribution >= 0.6 is 0 Å². The second-order valence-electron chi connectivity index (χ2n) is 3.53. The molecule has 1 aromatic carbocycles. The molecular weight excluding hydrogens is 222 g/mol. The summed E-state index contributed by atoms with van der Waals surface area (Å²) in [5, 5.41) is 8.86. The maximum absolute atomic E-state index is 12.0. The molecule has 0 aromatic heterocycles. The van der Waals surface area contributed by atoms with Crippen LogP contribution in [0.4, 0.5) is 0 Å². The number of hydrogen-bond acceptors (Lipinski definition) is 3. The number of hydrogen-bond donors (Lipinski definition) is 0. The van der Waals surface area contributed by atoms with Gasteiger partial charge >= 0.3 is 0 Å². The number of fused-ring (bicyclic) bond motifs is 1. The minimum absolute atomic E-state index is 0.0211. The molecule has 0 bridgehead atoms. The number of allylic oxidation sites excluding steroid dienone is 2. The zero-order chi connectivity index (χ0) is 11.9. The van der Waals surface area contributed by atoms with Gasteiger partial charge in [0.2, 0.25) is 9.84 Å². The monoisotopic (exact) mass is 231 g/mol. The summed E-state index contributed by atoms with van der Waals surface area (Å²) in [4.78, 5) is 0.261. The zero-order valence-corrected chi connectivity index (χ0v) is 9.50. The van der Waals surface area contributed by atoms with Gasteiger partial charge in [0, 0.05) is 16.7 Å². The van der Waals surface area contributed by atoms with Crippen LogP contribution < -0.4 is 0 Å². The van der Waals surface area contributed by atoms with Crippen LogP contribution in [-0.2, 0) is 9.84 Å². The van der Waals surface area contributed by atoms with Crippen molar-refractivity contribution in [1.82, 2.24) is 0 Å². The first kappa shape index (κ1) is 10.7. The number of rotatable bonds is 0. The molecule has 0 unspecified atom stereocenters. The van der Waals surface area contributed by atoms with Crippen molar-refractivity contribution >= 4 is 15.4 Å². The number of sulfone groups is 1. The summed E-state index contributed by atoms with van der Waals surface area (Å²) >= 11 is 0. The van der Waals surface area contributed by atoms with Crippen molar-refractivity contribution in [2.45, 2.75) is 11.8 Å². The van der Waals surface area contributed by atoms with E-state index in [0.717, 1.165) is 0 Å². The summed E-state index contributed by atoms with van der Waals surface area (Å²) in [5.41, 5.74) is 1.39. The minimum Gasteiger partial charge on any atom is -0.218 e. The molecule has 0 N–H and O–H groups in total. The van der Waals surface area contributed by atoms with Gasteiger partial charge in [-0.15, -0.1) is 0 Å². The Balaban J connectivity index is 2.93. The maximum atomic E-state index is 12.0. The van der Waals surface area contributed by atoms with E-state index in [-0.39, 0.29) is 9.80 Å². The zero-order valence-electron chi connectivity index (χ0n) is 8.69. The van der Waals surface area contributed by atoms with E-state index in [4.69, 9.17) is 5.26 Å². The van der Waals surface area contributed by atoms with Crippen LogP contribution in [0.1, 0.15) is 12.5 Å². The third kappa shape index (κ3) is 1.22. The average molecular weight is 231 g/mol. The molecule has 1 aliphatic heterocycles. The van der Waals surface area contributed by atoms with Gasteiger partial charge in [0.05, 0.1) is 15.9 Å². The molecule has 0 saturated carbocycles. The molecule has 80 valence electrons. The highest BCUT2D eigenvalue weighted by Gasteiger charge is 2.35. The molecule has 1 heterocycles. The van der Waals surface area contributed by atoms with Gasteiger partial charge in [0.15, 0.2) is 0 Å². The lowest BCUT2D eigenvalue weighted by atomic mass is 10.0. The fraction of sp³-hybridized carbons (Fsp3) is 0.0833. The lowest BCUT2D eigenvalue weighted by Gasteiger charge is -1.99. The predicted octanol–water partition coefficient (Wildman–Crippen LogP) is 2.28. The first-order valence-electron chi connectivity index (χ1n) is 4.65. The molecule has 0 aliphatic carbocycles. The molecule has 3 nitrogen and oxygen atoms in total. The largest absolute Gasteiger partial charge is 0.218 e. The van der Waals surface area contributed by atoms with E-state index in [9.17, 15) is 8.42 Å². The lowest BCUT2D eigenvalue weighted by molar-refractivity contribution is 0.604. The molecule has 16 heavy (non-hydrogen) atoms. The summed E-state index contributed by atoms with van der Waals surface area (Å²) in [5.74, 6) is 0. The Hall–Kier alpha value is -1.86. The number of nitriles is 1. The fourth-order valence-electron chi connectivity index (χ4n) is 1.79. The van der Waals surface area contributed by atoms with Crippen molar-refractivity contribution < 1.29 is 8.42 Å². The molecule has 0 saturated heterocycles. The standard InChI is InChI=1S/C12H9NO2S/c1-8(7-13)12-9(2)16(14,15)11-6-4-3-5-10(11)12/h3-6H,2H2,1H3/b12-8-. The van der Waals surface area contributed by atoms with Crippen LogP contribution in [0.2, 0.25) is 0 Å². The van der Waals surface area contributed by atoms with Crippen molar-refractivity contribution in [1.29, 1.82) is 5.26 Å². The van der Waals surface area contributed by atoms with Crippen molar-refractivity contribution in [3.05, 3.63) is 46.9 Å². The van der Waals surface area contributed by atoms with E-state index in [0.29, 0.717) is 16.7 Å². The summed E-state index contributed by atoms with van der Waals surface area (Å²) in [6.45, 7) is 5.17. The van der Waals surface area contributed by atoms with Gasteiger partial charge in [0.1, 0.15) is 0 Å². The molecule has 0 radical (unpaired) electrons. The molecule has 1 aromatic rings. The molecule has 1 aliphatic rings. The first-order valence-corrected chi connectivity index (χ1v) is 6.13. The van der Waals surface area contributed by atoms with Crippen LogP contribution in [0.3, 0.4) is 0 Å². The third-order valence-electron chi connectivity index (χ3n) is 2.59. The third-order valence-corrected chi connectivity index (χ3v) is 4.38. The van der Waals surface area contributed by atoms with E-state index >= 15 is 0 Å². The Morgan fingerprint density at radius 3 is 2.62 bits per heavy atom. The molecule has 0 fully saturated rings. The predicted molar refractivity (Wildman–Crippen MR) is 61.0 cm³/mol. The van der Waals surface area contributed by atoms with E-state index in [2.05, 4.69) is 6.58 Å². The summed E-state index contributed by atoms with van der Waals surface area (Å²) < 4.78 is 23.9. The smallest absolute Gasteiger partial charge is 0.207 e. The Kier molecular flexibility index (Phi) is 2.21. The van der Waals surface area contributed by atoms with Crippen LogP contribution in [0.25, 0.3) is 5.57 Å². The van der Waals surface area contributed by atoms with Gasteiger partial charge in [-0.1, -0.05) is 24.8 Å². The van der Waals surface area contributed by atoms with Gasteiger partial charge < -0.3 is 0 Å². The van der Waals surface area contributed by atoms with Crippen molar-refractivity contribution in [2.75, 3.05) is 0 Å². The van der Waals surface area contributed by atoms with Crippen molar-refractivity contribution in [3.8, 4) is 6.07 Å². The average Bonchev–Trinajstić information content (AvgIpc) is 2.48. The highest BCUT2D eigenvalue weighted by atomic mass is 32.2. The van der Waals surface area contributed by atoms with Gasteiger partial charge in [-0.2, -0.15) is 5.26 Å². The molecule has 4 heteroatoms. The minimum atomic E-state index is -3.49. The summed E-state index contributed by atoms with van der Waals surface area (Å²) in [6.07, 6.45) is 0. The number of nitrogens with zero attached hydrogens (tertiary/aromatic N) is 1. The SMILES string of the molecule is C=C1/C(=C(\C)C#N)c2ccccc2S1(=O)=O. The number of benzene rings is 1. The van der Waals surface area contributed by atoms with Crippen molar-refractivity contribution in [2.24, 2.45) is 0 Å². The van der Waals surface area contributed by atoms with Gasteiger partial charge in [0.25, 0.3) is 0 Å². The van der Waals surface area contributed by atoms with Gasteiger partial charge in [-0.3, -0.25) is 0 Å². The second kappa shape index (κ2) is 3.32. The lowest BCUT2D eigenvalue weighted by Crippen LogP contribution is -1.96. The van der Waals surface area contributed by atoms with Crippen LogP contribution in [0.15, 0.2) is 46.2 Å². The fourth-order valence-corrected chi connectivity index (χ4v) is 3.31. The Morgan fingerprint density at radius 1 is 1.38 bits per heavy atom. The second-order valence-corrected chi connectivity index (χ2v) is 5.47. The van der Waals surface area contributed by atoms with Crippen LogP contribution in [0, 0.1) is 11.3 Å². The van der Waals surface area contributed by atoms with Crippen molar-refractivity contribution in [3.63, 3.8) is 0 Å². The van der Waals surface area contributed by atoms with E-state index in [1.165, 1.54) is 6.07 Å². The molecule has 0 amide bonds. The quantitative estimate of drug-likeness (QED) is 0.643. The Morgan fingerprint density at radius 2 is 2.00 bits per heavy atom. The normalized spacial score (nSPS) is 20.1. The van der Waals surface area contributed by atoms with E-state index < -0.39 is 9.84 Å². The van der Waals surface area contributed by atoms with Crippen LogP contribution in [0.5, 0.6) is 0 Å².